The molecule has 1 atom stereocenters. The van der Waals surface area contributed by atoms with Gasteiger partial charge in [0, 0.05) is 31.0 Å². The third kappa shape index (κ3) is 4.11. The van der Waals surface area contributed by atoms with Gasteiger partial charge in [-0.1, -0.05) is 18.2 Å². The number of hydrogen-bond donors (Lipinski definition) is 1. The van der Waals surface area contributed by atoms with Crippen LogP contribution in [0.5, 0.6) is 0 Å². The molecule has 0 spiro atoms. The summed E-state index contributed by atoms with van der Waals surface area (Å²) in [6.07, 6.45) is 3.61. The zero-order chi connectivity index (χ0) is 14.4. The Morgan fingerprint density at radius 2 is 1.90 bits per heavy atom. The van der Waals surface area contributed by atoms with E-state index in [2.05, 4.69) is 4.98 Å². The Bertz CT molecular complexity index is 533. The highest BCUT2D eigenvalue weighted by Gasteiger charge is 2.14. The number of aliphatic hydroxyl groups is 1. The van der Waals surface area contributed by atoms with Crippen LogP contribution in [0.25, 0.3) is 0 Å². The summed E-state index contributed by atoms with van der Waals surface area (Å²) in [5.74, 6) is -0.359. The zero-order valence-electron chi connectivity index (χ0n) is 11.5. The maximum absolute atomic E-state index is 13.6. The van der Waals surface area contributed by atoms with Crippen molar-refractivity contribution in [1.82, 2.24) is 9.88 Å². The van der Waals surface area contributed by atoms with E-state index in [1.165, 1.54) is 11.6 Å². The van der Waals surface area contributed by atoms with Crippen LogP contribution in [0.1, 0.15) is 17.2 Å². The molecule has 0 amide bonds. The topological polar surface area (TPSA) is 36.4 Å². The number of rotatable bonds is 6. The zero-order valence-corrected chi connectivity index (χ0v) is 11.5. The smallest absolute Gasteiger partial charge is 0.129 e. The normalized spacial score (nSPS) is 12.6. The van der Waals surface area contributed by atoms with Crippen LogP contribution in [0.2, 0.25) is 0 Å². The van der Waals surface area contributed by atoms with E-state index in [1.807, 2.05) is 24.1 Å². The summed E-state index contributed by atoms with van der Waals surface area (Å²) >= 11 is 0. The fraction of sp³-hybridized carbons (Fsp3) is 0.312. The molecule has 0 aliphatic rings. The summed E-state index contributed by atoms with van der Waals surface area (Å²) in [5, 5.41) is 10.1. The van der Waals surface area contributed by atoms with E-state index < -0.39 is 6.10 Å². The first-order valence-electron chi connectivity index (χ1n) is 6.67. The lowest BCUT2D eigenvalue weighted by Gasteiger charge is -2.21. The first-order chi connectivity index (χ1) is 9.66. The van der Waals surface area contributed by atoms with Gasteiger partial charge in [0.05, 0.1) is 6.10 Å². The number of aliphatic hydroxyl groups excluding tert-OH is 1. The summed E-state index contributed by atoms with van der Waals surface area (Å²) in [7, 11) is 1.92. The largest absolute Gasteiger partial charge is 0.387 e. The van der Waals surface area contributed by atoms with Gasteiger partial charge in [0.1, 0.15) is 5.82 Å². The fourth-order valence-corrected chi connectivity index (χ4v) is 2.10. The van der Waals surface area contributed by atoms with Crippen molar-refractivity contribution in [2.24, 2.45) is 0 Å². The second kappa shape index (κ2) is 7.12. The molecule has 0 radical (unpaired) electrons. The van der Waals surface area contributed by atoms with Gasteiger partial charge >= 0.3 is 0 Å². The monoisotopic (exact) mass is 274 g/mol. The third-order valence-corrected chi connectivity index (χ3v) is 3.28. The van der Waals surface area contributed by atoms with Crippen LogP contribution < -0.4 is 0 Å². The predicted octanol–water partition coefficient (Wildman–Crippen LogP) is 2.43. The van der Waals surface area contributed by atoms with Crippen LogP contribution >= 0.6 is 0 Å². The highest BCUT2D eigenvalue weighted by molar-refractivity contribution is 5.20. The molecule has 2 rings (SSSR count). The van der Waals surface area contributed by atoms with E-state index in [0.29, 0.717) is 12.1 Å². The maximum Gasteiger partial charge on any atom is 0.129 e. The van der Waals surface area contributed by atoms with Gasteiger partial charge in [-0.2, -0.15) is 0 Å². The third-order valence-electron chi connectivity index (χ3n) is 3.28. The summed E-state index contributed by atoms with van der Waals surface area (Å²) < 4.78 is 13.6. The minimum atomic E-state index is -0.807. The summed E-state index contributed by atoms with van der Waals surface area (Å²) in [6, 6.07) is 10.3. The lowest BCUT2D eigenvalue weighted by Crippen LogP contribution is -2.27. The van der Waals surface area contributed by atoms with E-state index in [4.69, 9.17) is 0 Å². The quantitative estimate of drug-likeness (QED) is 0.879. The Kier molecular flexibility index (Phi) is 5.21. The molecule has 1 aromatic heterocycles. The van der Waals surface area contributed by atoms with Crippen molar-refractivity contribution in [3.63, 3.8) is 0 Å². The molecule has 2 aromatic rings. The molecular weight excluding hydrogens is 255 g/mol. The van der Waals surface area contributed by atoms with E-state index in [9.17, 15) is 9.50 Å². The van der Waals surface area contributed by atoms with Crippen molar-refractivity contribution in [2.75, 3.05) is 20.1 Å². The number of nitrogens with zero attached hydrogens (tertiary/aromatic N) is 2. The Morgan fingerprint density at radius 3 is 2.60 bits per heavy atom. The Morgan fingerprint density at radius 1 is 1.20 bits per heavy atom. The Hall–Kier alpha value is -1.78. The van der Waals surface area contributed by atoms with Crippen molar-refractivity contribution in [3.8, 4) is 0 Å². The van der Waals surface area contributed by atoms with Crippen LogP contribution in [-0.2, 0) is 6.42 Å². The molecule has 3 nitrogen and oxygen atoms in total. The second-order valence-corrected chi connectivity index (χ2v) is 4.91. The summed E-state index contributed by atoms with van der Waals surface area (Å²) in [6.45, 7) is 1.21. The molecule has 0 fully saturated rings. The van der Waals surface area contributed by atoms with Gasteiger partial charge in [0.15, 0.2) is 0 Å². The second-order valence-electron chi connectivity index (χ2n) is 4.91. The molecule has 0 aliphatic heterocycles. The fourth-order valence-electron chi connectivity index (χ4n) is 2.10. The van der Waals surface area contributed by atoms with Gasteiger partial charge in [-0.25, -0.2) is 4.39 Å². The molecule has 106 valence electrons. The lowest BCUT2D eigenvalue weighted by atomic mass is 10.1. The van der Waals surface area contributed by atoms with Crippen LogP contribution in [0.15, 0.2) is 48.8 Å². The molecular formula is C16H19FN2O. The first kappa shape index (κ1) is 14.6. The molecule has 0 aliphatic carbocycles. The first-order valence-corrected chi connectivity index (χ1v) is 6.67. The van der Waals surface area contributed by atoms with Crippen molar-refractivity contribution in [2.45, 2.75) is 12.5 Å². The summed E-state index contributed by atoms with van der Waals surface area (Å²) in [5.41, 5.74) is 1.55. The van der Waals surface area contributed by atoms with Crippen LogP contribution in [0.4, 0.5) is 4.39 Å². The lowest BCUT2D eigenvalue weighted by molar-refractivity contribution is 0.124. The molecule has 0 bridgehead atoms. The maximum atomic E-state index is 13.6. The SMILES string of the molecule is CN(CCc1ccncc1)C[C@H](O)c1ccccc1F. The minimum absolute atomic E-state index is 0.350. The number of likely N-dealkylation sites (N-methyl/N-ethyl adjacent to an activating group) is 1. The number of benzene rings is 1. The van der Waals surface area contributed by atoms with Crippen molar-refractivity contribution in [1.29, 1.82) is 0 Å². The van der Waals surface area contributed by atoms with Gasteiger partial charge < -0.3 is 10.0 Å². The molecule has 0 saturated heterocycles. The predicted molar refractivity (Wildman–Crippen MR) is 76.8 cm³/mol. The van der Waals surface area contributed by atoms with Gasteiger partial charge in [-0.05, 0) is 37.2 Å². The molecule has 1 N–H and O–H groups in total. The van der Waals surface area contributed by atoms with Crippen molar-refractivity contribution < 1.29 is 9.50 Å². The van der Waals surface area contributed by atoms with Gasteiger partial charge in [0.2, 0.25) is 0 Å². The van der Waals surface area contributed by atoms with Crippen LogP contribution in [0, 0.1) is 5.82 Å². The minimum Gasteiger partial charge on any atom is -0.387 e. The number of aromatic nitrogens is 1. The van der Waals surface area contributed by atoms with E-state index >= 15 is 0 Å². The van der Waals surface area contributed by atoms with E-state index in [1.54, 1.807) is 30.6 Å². The number of hydrogen-bond acceptors (Lipinski definition) is 3. The van der Waals surface area contributed by atoms with Crippen LogP contribution in [-0.4, -0.2) is 35.1 Å². The molecule has 1 heterocycles. The average Bonchev–Trinajstić information content (AvgIpc) is 2.46. The number of pyridine rings is 1. The van der Waals surface area contributed by atoms with Gasteiger partial charge in [0.25, 0.3) is 0 Å². The molecule has 20 heavy (non-hydrogen) atoms. The highest BCUT2D eigenvalue weighted by Crippen LogP contribution is 2.17. The molecule has 0 saturated carbocycles. The van der Waals surface area contributed by atoms with E-state index in [0.717, 1.165) is 13.0 Å². The average molecular weight is 274 g/mol. The highest BCUT2D eigenvalue weighted by atomic mass is 19.1. The standard InChI is InChI=1S/C16H19FN2O/c1-19(11-8-13-6-9-18-10-7-13)12-16(20)14-4-2-3-5-15(14)17/h2-7,9-10,16,20H,8,11-12H2,1H3/t16-/m0/s1. The Labute approximate surface area is 118 Å². The summed E-state index contributed by atoms with van der Waals surface area (Å²) in [4.78, 5) is 5.97. The van der Waals surface area contributed by atoms with Gasteiger partial charge in [-0.15, -0.1) is 0 Å². The molecule has 0 unspecified atom stereocenters. The molecule has 1 aromatic carbocycles. The van der Waals surface area contributed by atoms with Crippen molar-refractivity contribution in [3.05, 3.63) is 65.7 Å². The van der Waals surface area contributed by atoms with E-state index in [-0.39, 0.29) is 5.82 Å². The molecule has 4 heteroatoms. The van der Waals surface area contributed by atoms with Crippen LogP contribution in [0.3, 0.4) is 0 Å². The number of halogens is 1. The van der Waals surface area contributed by atoms with Gasteiger partial charge in [-0.3, -0.25) is 4.98 Å². The Balaban J connectivity index is 1.85. The van der Waals surface area contributed by atoms with Crippen molar-refractivity contribution >= 4 is 0 Å².